The van der Waals surface area contributed by atoms with Crippen LogP contribution in [0, 0.1) is 5.92 Å². The first-order valence-corrected chi connectivity index (χ1v) is 15.2. The van der Waals surface area contributed by atoms with Gasteiger partial charge in [-0.25, -0.2) is 0 Å². The Kier molecular flexibility index (Phi) is 7.71. The number of nitrogens with one attached hydrogen (secondary N) is 1. The third-order valence-corrected chi connectivity index (χ3v) is 11.1. The molecule has 1 N–H and O–H groups in total. The minimum atomic E-state index is -4.87. The van der Waals surface area contributed by atoms with E-state index in [2.05, 4.69) is 42.4 Å². The minimum Gasteiger partial charge on any atom is -0.494 e. The van der Waals surface area contributed by atoms with Crippen LogP contribution in [0.25, 0.3) is 0 Å². The average molecular weight is 702 g/mol. The monoisotopic (exact) mass is 699 g/mol. The summed E-state index contributed by atoms with van der Waals surface area (Å²) in [6.07, 6.45) is 6.14. The van der Waals surface area contributed by atoms with Crippen LogP contribution in [0.3, 0.4) is 0 Å². The Morgan fingerprint density at radius 3 is 1.89 bits per heavy atom. The Labute approximate surface area is 235 Å². The molecule has 1 aliphatic carbocycles. The van der Waals surface area contributed by atoms with Crippen LogP contribution in [0.4, 0.5) is 0 Å². The molecule has 15 heteroatoms. The third kappa shape index (κ3) is 4.76. The molecule has 0 saturated carbocycles. The van der Waals surface area contributed by atoms with E-state index in [1.807, 2.05) is 0 Å². The molecule has 0 bridgehead atoms. The van der Waals surface area contributed by atoms with Crippen LogP contribution in [0.5, 0.6) is 11.5 Å². The van der Waals surface area contributed by atoms with Crippen molar-refractivity contribution in [3.63, 3.8) is 0 Å². The van der Waals surface area contributed by atoms with Crippen LogP contribution in [-0.2, 0) is 20.0 Å². The molecule has 0 spiro atoms. The Morgan fingerprint density at radius 1 is 0.917 bits per heavy atom. The number of hydrogen-bond donors (Lipinski definition) is 1. The summed E-state index contributed by atoms with van der Waals surface area (Å²) in [6.45, 7) is 0. The van der Waals surface area contributed by atoms with Crippen LogP contribution >= 0.6 is 55.1 Å². The van der Waals surface area contributed by atoms with E-state index in [1.54, 1.807) is 12.3 Å². The highest BCUT2D eigenvalue weighted by Crippen LogP contribution is 2.43. The van der Waals surface area contributed by atoms with Crippen molar-refractivity contribution in [2.75, 3.05) is 14.2 Å². The van der Waals surface area contributed by atoms with Gasteiger partial charge in [-0.15, -0.1) is 0 Å². The number of hydrazone groups is 1. The molecule has 0 radical (unpaired) electrons. The van der Waals surface area contributed by atoms with Gasteiger partial charge < -0.3 is 14.9 Å². The van der Waals surface area contributed by atoms with Crippen LogP contribution in [-0.4, -0.2) is 47.0 Å². The smallest absolute Gasteiger partial charge is 0.281 e. The first kappa shape index (κ1) is 27.3. The van der Waals surface area contributed by atoms with E-state index in [0.29, 0.717) is 3.71 Å². The summed E-state index contributed by atoms with van der Waals surface area (Å²) in [7, 11) is -7.23. The molecule has 192 valence electrons. The zero-order valence-electron chi connectivity index (χ0n) is 18.4. The SMILES string of the molecule is COc1c(Br)cc(Cl)cc1S(=O)(=O)N(C1=C[C@H]2NN=C[C@@H]2C=C1)S(=O)(=O)c1cc(Cl)cc(Br)c1OC. The molecule has 0 fully saturated rings. The van der Waals surface area contributed by atoms with Gasteiger partial charge in [-0.05, 0) is 68.3 Å². The summed E-state index contributed by atoms with van der Waals surface area (Å²) in [5.74, 6) is -0.426. The summed E-state index contributed by atoms with van der Waals surface area (Å²) in [4.78, 5) is -0.944. The number of nitrogens with zero attached hydrogens (tertiary/aromatic N) is 2. The molecule has 0 saturated heterocycles. The van der Waals surface area contributed by atoms with Gasteiger partial charge >= 0.3 is 0 Å². The maximum Gasteiger partial charge on any atom is 0.281 e. The van der Waals surface area contributed by atoms with E-state index in [-0.39, 0.29) is 42.1 Å². The predicted molar refractivity (Wildman–Crippen MR) is 144 cm³/mol. The van der Waals surface area contributed by atoms with Crippen molar-refractivity contribution in [2.24, 2.45) is 11.0 Å². The van der Waals surface area contributed by atoms with Gasteiger partial charge in [0.2, 0.25) is 0 Å². The van der Waals surface area contributed by atoms with E-state index in [4.69, 9.17) is 32.7 Å². The van der Waals surface area contributed by atoms with Gasteiger partial charge in [0.15, 0.2) is 11.5 Å². The van der Waals surface area contributed by atoms with E-state index >= 15 is 0 Å². The normalized spacial score (nSPS) is 18.9. The molecule has 1 aliphatic heterocycles. The van der Waals surface area contributed by atoms with Crippen molar-refractivity contribution < 1.29 is 26.3 Å². The Hall–Kier alpha value is -1.77. The lowest BCUT2D eigenvalue weighted by molar-refractivity contribution is 0.397. The van der Waals surface area contributed by atoms with Gasteiger partial charge in [-0.2, -0.15) is 25.6 Å². The summed E-state index contributed by atoms with van der Waals surface area (Å²) in [5.41, 5.74) is 2.68. The highest BCUT2D eigenvalue weighted by molar-refractivity contribution is 9.11. The van der Waals surface area contributed by atoms with Gasteiger partial charge in [-0.3, -0.25) is 0 Å². The zero-order chi connectivity index (χ0) is 26.4. The van der Waals surface area contributed by atoms with Crippen molar-refractivity contribution in [3.8, 4) is 11.5 Å². The fourth-order valence-corrected chi connectivity index (χ4v) is 10.1. The van der Waals surface area contributed by atoms with Crippen LogP contribution in [0.1, 0.15) is 0 Å². The molecule has 2 aromatic rings. The second kappa shape index (κ2) is 10.2. The average Bonchev–Trinajstić information content (AvgIpc) is 3.26. The minimum absolute atomic E-state index is 0.0424. The summed E-state index contributed by atoms with van der Waals surface area (Å²) < 4.78 is 68.0. The quantitative estimate of drug-likeness (QED) is 0.435. The number of ether oxygens (including phenoxy) is 2. The molecule has 36 heavy (non-hydrogen) atoms. The molecule has 0 aromatic heterocycles. The highest BCUT2D eigenvalue weighted by Gasteiger charge is 2.43. The number of methoxy groups -OCH3 is 2. The van der Waals surface area contributed by atoms with Crippen LogP contribution in [0.15, 0.2) is 72.0 Å². The summed E-state index contributed by atoms with van der Waals surface area (Å²) in [6, 6.07) is 4.62. The standard InChI is InChI=1S/C21H17Br2Cl2N3O6S2/c1-33-20-15(22)5-12(24)7-18(20)35(29,30)28(14-4-3-11-10-26-27-17(11)9-14)36(31,32)19-8-13(25)6-16(23)21(19)34-2/h3-11,17,27H,1-2H3/t11-,17+/m0/s1. The second-order valence-electron chi connectivity index (χ2n) is 7.51. The molecule has 2 aliphatic rings. The molecule has 4 rings (SSSR count). The fourth-order valence-electron chi connectivity index (χ4n) is 3.72. The van der Waals surface area contributed by atoms with E-state index in [1.165, 1.54) is 38.5 Å². The van der Waals surface area contributed by atoms with Crippen LogP contribution in [0.2, 0.25) is 10.0 Å². The zero-order valence-corrected chi connectivity index (χ0v) is 24.8. The van der Waals surface area contributed by atoms with Gasteiger partial charge in [0.25, 0.3) is 20.0 Å². The molecule has 1 heterocycles. The fraction of sp³-hybridized carbons (Fsp3) is 0.190. The summed E-state index contributed by atoms with van der Waals surface area (Å²) in [5, 5.41) is 4.07. The number of benzene rings is 2. The van der Waals surface area contributed by atoms with Gasteiger partial charge in [0.1, 0.15) is 9.79 Å². The van der Waals surface area contributed by atoms with Gasteiger partial charge in [-0.1, -0.05) is 29.3 Å². The number of allylic oxidation sites excluding steroid dienone is 1. The second-order valence-corrected chi connectivity index (χ2v) is 13.8. The van der Waals surface area contributed by atoms with Crippen LogP contribution < -0.4 is 14.9 Å². The molecular formula is C21H17Br2Cl2N3O6S2. The number of hydrogen-bond acceptors (Lipinski definition) is 8. The first-order valence-electron chi connectivity index (χ1n) is 9.97. The molecule has 9 nitrogen and oxygen atoms in total. The number of sulfonamides is 2. The lowest BCUT2D eigenvalue weighted by atomic mass is 9.97. The lowest BCUT2D eigenvalue weighted by Gasteiger charge is -2.29. The maximum absolute atomic E-state index is 14.2. The topological polar surface area (TPSA) is 114 Å². The van der Waals surface area contributed by atoms with E-state index < -0.39 is 35.9 Å². The molecule has 0 amide bonds. The maximum atomic E-state index is 14.2. The summed E-state index contributed by atoms with van der Waals surface area (Å²) >= 11 is 18.8. The number of fused-ring (bicyclic) bond motifs is 1. The van der Waals surface area contributed by atoms with Crippen molar-refractivity contribution >= 4 is 81.3 Å². The van der Waals surface area contributed by atoms with Crippen molar-refractivity contribution in [1.82, 2.24) is 9.14 Å². The van der Waals surface area contributed by atoms with Gasteiger partial charge in [0, 0.05) is 22.2 Å². The largest absolute Gasteiger partial charge is 0.494 e. The predicted octanol–water partition coefficient (Wildman–Crippen LogP) is 4.94. The number of rotatable bonds is 7. The Bertz CT molecular complexity index is 1460. The molecular weight excluding hydrogens is 685 g/mol. The molecule has 0 unspecified atom stereocenters. The Balaban J connectivity index is 2.03. The van der Waals surface area contributed by atoms with Crippen molar-refractivity contribution in [3.05, 3.63) is 67.2 Å². The van der Waals surface area contributed by atoms with Gasteiger partial charge in [0.05, 0.1) is 34.9 Å². The van der Waals surface area contributed by atoms with Crippen molar-refractivity contribution in [1.29, 1.82) is 0 Å². The number of halogens is 4. The van der Waals surface area contributed by atoms with Crippen molar-refractivity contribution in [2.45, 2.75) is 15.8 Å². The highest BCUT2D eigenvalue weighted by atomic mass is 79.9. The molecule has 2 atom stereocenters. The Morgan fingerprint density at radius 2 is 1.42 bits per heavy atom. The lowest BCUT2D eigenvalue weighted by Crippen LogP contribution is -2.39. The first-order chi connectivity index (χ1) is 16.9. The molecule has 2 aromatic carbocycles. The van der Waals surface area contributed by atoms with E-state index in [0.717, 1.165) is 12.1 Å². The third-order valence-electron chi connectivity index (χ3n) is 5.28. The van der Waals surface area contributed by atoms with E-state index in [9.17, 15) is 16.8 Å².